The number of phenolic OH excluding ortho intramolecular Hbond substituents is 1. The molecule has 0 radical (unpaired) electrons. The Kier molecular flexibility index (Phi) is 4.35. The number of phenols is 1. The van der Waals surface area contributed by atoms with Gasteiger partial charge in [-0.05, 0) is 49.6 Å². The number of hydrogen-bond acceptors (Lipinski definition) is 4. The largest absolute Gasteiger partial charge is 0.508 e. The van der Waals surface area contributed by atoms with Gasteiger partial charge >= 0.3 is 0 Å². The van der Waals surface area contributed by atoms with E-state index in [1.165, 1.54) is 12.2 Å². The number of ketones is 2. The second kappa shape index (κ2) is 6.19. The van der Waals surface area contributed by atoms with Crippen LogP contribution in [0.4, 0.5) is 0 Å². The van der Waals surface area contributed by atoms with E-state index in [1.54, 1.807) is 18.2 Å². The average Bonchev–Trinajstić information content (AvgIpc) is 2.43. The van der Waals surface area contributed by atoms with E-state index in [2.05, 4.69) is 0 Å². The molecule has 1 aromatic rings. The molecule has 1 aromatic carbocycles. The number of benzene rings is 1. The standard InChI is InChI=1S/C10H12O2.C6H4O2/c1-7-5-9(11)8-3-2-4-12-10(8)6-7;7-5-3-1-2-4-6(5)8/h5-6,11H,2-4H2,1H3;1-4H. The Hall–Kier alpha value is -2.36. The first-order chi connectivity index (χ1) is 9.58. The lowest BCUT2D eigenvalue weighted by molar-refractivity contribution is -0.131. The highest BCUT2D eigenvalue weighted by Gasteiger charge is 2.14. The zero-order valence-corrected chi connectivity index (χ0v) is 11.3. The van der Waals surface area contributed by atoms with Crippen LogP contribution in [0.3, 0.4) is 0 Å². The number of rotatable bonds is 0. The van der Waals surface area contributed by atoms with Crippen LogP contribution in [-0.2, 0) is 16.0 Å². The van der Waals surface area contributed by atoms with Crippen molar-refractivity contribution in [2.45, 2.75) is 19.8 Å². The van der Waals surface area contributed by atoms with Gasteiger partial charge in [0.25, 0.3) is 0 Å². The molecule has 1 heterocycles. The first kappa shape index (κ1) is 14.1. The summed E-state index contributed by atoms with van der Waals surface area (Å²) in [5.41, 5.74) is 2.01. The molecule has 0 saturated carbocycles. The number of aryl methyl sites for hydroxylation is 1. The summed E-state index contributed by atoms with van der Waals surface area (Å²) in [5.74, 6) is 0.364. The molecule has 4 heteroatoms. The summed E-state index contributed by atoms with van der Waals surface area (Å²) in [6.07, 6.45) is 7.53. The lowest BCUT2D eigenvalue weighted by Gasteiger charge is -2.18. The van der Waals surface area contributed by atoms with Gasteiger partial charge in [-0.25, -0.2) is 0 Å². The van der Waals surface area contributed by atoms with E-state index in [1.807, 2.05) is 13.0 Å². The van der Waals surface area contributed by atoms with Crippen LogP contribution in [0.25, 0.3) is 0 Å². The molecule has 0 atom stereocenters. The molecule has 1 aliphatic carbocycles. The fourth-order valence-electron chi connectivity index (χ4n) is 2.03. The lowest BCUT2D eigenvalue weighted by Crippen LogP contribution is -2.08. The SMILES string of the molecule is Cc1cc(O)c2c(c1)OCCC2.O=C1C=CC=CC1=O. The Labute approximate surface area is 117 Å². The van der Waals surface area contributed by atoms with E-state index in [0.29, 0.717) is 5.75 Å². The van der Waals surface area contributed by atoms with E-state index in [9.17, 15) is 14.7 Å². The van der Waals surface area contributed by atoms with Gasteiger partial charge in [0.2, 0.25) is 11.6 Å². The number of aromatic hydroxyl groups is 1. The predicted molar refractivity (Wildman–Crippen MR) is 75.0 cm³/mol. The molecule has 1 aliphatic heterocycles. The third-order valence-corrected chi connectivity index (χ3v) is 3.01. The molecule has 4 nitrogen and oxygen atoms in total. The maximum atomic E-state index is 10.3. The first-order valence-corrected chi connectivity index (χ1v) is 6.46. The number of carbonyl (C=O) groups is 2. The topological polar surface area (TPSA) is 63.6 Å². The number of fused-ring (bicyclic) bond motifs is 1. The molecule has 0 saturated heterocycles. The minimum absolute atomic E-state index is 0.379. The normalized spacial score (nSPS) is 16.1. The summed E-state index contributed by atoms with van der Waals surface area (Å²) < 4.78 is 5.43. The van der Waals surface area contributed by atoms with E-state index in [4.69, 9.17) is 4.74 Å². The maximum absolute atomic E-state index is 10.3. The Morgan fingerprint density at radius 2 is 1.75 bits per heavy atom. The van der Waals surface area contributed by atoms with Crippen LogP contribution in [-0.4, -0.2) is 23.3 Å². The van der Waals surface area contributed by atoms with Crippen molar-refractivity contribution in [2.24, 2.45) is 0 Å². The van der Waals surface area contributed by atoms with Crippen molar-refractivity contribution in [3.63, 3.8) is 0 Å². The Morgan fingerprint density at radius 1 is 1.10 bits per heavy atom. The molecule has 2 aliphatic rings. The van der Waals surface area contributed by atoms with Crippen LogP contribution < -0.4 is 4.74 Å². The second-order valence-corrected chi connectivity index (χ2v) is 4.66. The summed E-state index contributed by atoms with van der Waals surface area (Å²) in [7, 11) is 0. The van der Waals surface area contributed by atoms with Crippen molar-refractivity contribution in [1.82, 2.24) is 0 Å². The molecule has 0 fully saturated rings. The van der Waals surface area contributed by atoms with Crippen LogP contribution in [0.15, 0.2) is 36.4 Å². The third kappa shape index (κ3) is 3.35. The molecular weight excluding hydrogens is 256 g/mol. The van der Waals surface area contributed by atoms with Gasteiger partial charge in [-0.1, -0.05) is 12.2 Å². The van der Waals surface area contributed by atoms with Crippen molar-refractivity contribution in [3.8, 4) is 11.5 Å². The third-order valence-electron chi connectivity index (χ3n) is 3.01. The molecule has 0 spiro atoms. The average molecular weight is 272 g/mol. The maximum Gasteiger partial charge on any atom is 0.225 e. The summed E-state index contributed by atoms with van der Waals surface area (Å²) >= 11 is 0. The lowest BCUT2D eigenvalue weighted by atomic mass is 10.0. The van der Waals surface area contributed by atoms with E-state index >= 15 is 0 Å². The molecule has 1 N–H and O–H groups in total. The number of hydrogen-bond donors (Lipinski definition) is 1. The summed E-state index contributed by atoms with van der Waals surface area (Å²) in [6.45, 7) is 2.73. The number of allylic oxidation sites excluding steroid dienone is 4. The van der Waals surface area contributed by atoms with Gasteiger partial charge in [0.05, 0.1) is 6.61 Å². The number of carbonyl (C=O) groups excluding carboxylic acids is 2. The van der Waals surface area contributed by atoms with Gasteiger partial charge in [0, 0.05) is 5.56 Å². The van der Waals surface area contributed by atoms with Crippen molar-refractivity contribution < 1.29 is 19.4 Å². The van der Waals surface area contributed by atoms with E-state index in [-0.39, 0.29) is 0 Å². The zero-order valence-electron chi connectivity index (χ0n) is 11.3. The van der Waals surface area contributed by atoms with Crippen LogP contribution >= 0.6 is 0 Å². The predicted octanol–water partition coefficient (Wildman–Crippen LogP) is 2.28. The minimum Gasteiger partial charge on any atom is -0.508 e. The van der Waals surface area contributed by atoms with Crippen LogP contribution in [0.1, 0.15) is 17.5 Å². The molecule has 0 amide bonds. The van der Waals surface area contributed by atoms with Gasteiger partial charge in [-0.15, -0.1) is 0 Å². The van der Waals surface area contributed by atoms with Crippen molar-refractivity contribution >= 4 is 11.6 Å². The van der Waals surface area contributed by atoms with Gasteiger partial charge in [0.1, 0.15) is 11.5 Å². The fourth-order valence-corrected chi connectivity index (χ4v) is 2.03. The van der Waals surface area contributed by atoms with Crippen LogP contribution in [0.2, 0.25) is 0 Å². The quantitative estimate of drug-likeness (QED) is 0.581. The van der Waals surface area contributed by atoms with Crippen molar-refractivity contribution in [1.29, 1.82) is 0 Å². The highest BCUT2D eigenvalue weighted by atomic mass is 16.5. The van der Waals surface area contributed by atoms with Gasteiger partial charge < -0.3 is 9.84 Å². The molecule has 20 heavy (non-hydrogen) atoms. The molecule has 0 unspecified atom stereocenters. The summed E-state index contributed by atoms with van der Waals surface area (Å²) in [4.78, 5) is 20.6. The number of ether oxygens (including phenoxy) is 1. The summed E-state index contributed by atoms with van der Waals surface area (Å²) in [6, 6.07) is 3.77. The monoisotopic (exact) mass is 272 g/mol. The highest BCUT2D eigenvalue weighted by molar-refractivity contribution is 6.46. The zero-order chi connectivity index (χ0) is 14.5. The van der Waals surface area contributed by atoms with Crippen molar-refractivity contribution in [3.05, 3.63) is 47.6 Å². The molecule has 0 aromatic heterocycles. The first-order valence-electron chi connectivity index (χ1n) is 6.46. The smallest absolute Gasteiger partial charge is 0.225 e. The van der Waals surface area contributed by atoms with Crippen LogP contribution in [0, 0.1) is 6.92 Å². The highest BCUT2D eigenvalue weighted by Crippen LogP contribution is 2.33. The summed E-state index contributed by atoms with van der Waals surface area (Å²) in [5, 5.41) is 9.56. The van der Waals surface area contributed by atoms with Gasteiger partial charge in [-0.2, -0.15) is 0 Å². The van der Waals surface area contributed by atoms with E-state index in [0.717, 1.165) is 36.3 Å². The van der Waals surface area contributed by atoms with Crippen LogP contribution in [0.5, 0.6) is 11.5 Å². The fraction of sp³-hybridized carbons (Fsp3) is 0.250. The molecule has 3 rings (SSSR count). The van der Waals surface area contributed by atoms with E-state index < -0.39 is 11.6 Å². The molecule has 0 bridgehead atoms. The minimum atomic E-state index is -0.437. The Bertz CT molecular complexity index is 575. The Morgan fingerprint density at radius 3 is 2.35 bits per heavy atom. The second-order valence-electron chi connectivity index (χ2n) is 4.66. The van der Waals surface area contributed by atoms with Gasteiger partial charge in [-0.3, -0.25) is 9.59 Å². The molecule has 104 valence electrons. The van der Waals surface area contributed by atoms with Gasteiger partial charge in [0.15, 0.2) is 0 Å². The Balaban J connectivity index is 0.000000160. The van der Waals surface area contributed by atoms with Crippen molar-refractivity contribution in [2.75, 3.05) is 6.61 Å². The molecular formula is C16H16O4.